The van der Waals surface area contributed by atoms with Crippen LogP contribution in [-0.2, 0) is 4.74 Å². The number of ether oxygens (including phenoxy) is 1. The largest absolute Gasteiger partial charge is 0.378 e. The summed E-state index contributed by atoms with van der Waals surface area (Å²) in [6.07, 6.45) is 4.26. The molecule has 1 saturated heterocycles. The Morgan fingerprint density at radius 3 is 3.36 bits per heavy atom. The molecule has 0 aliphatic carbocycles. The van der Waals surface area contributed by atoms with E-state index in [1.807, 2.05) is 0 Å². The second-order valence-electron chi connectivity index (χ2n) is 3.49. The molecular formula is C9H15N3OS. The minimum absolute atomic E-state index is 0.426. The van der Waals surface area contributed by atoms with E-state index in [1.54, 1.807) is 6.33 Å². The lowest BCUT2D eigenvalue weighted by atomic mass is 10.00. The average Bonchev–Trinajstić information content (AvgIpc) is 2.85. The number of nitrogens with one attached hydrogen (secondary N) is 1. The van der Waals surface area contributed by atoms with Crippen LogP contribution in [0.15, 0.2) is 6.33 Å². The molecule has 0 radical (unpaired) electrons. The Kier molecular flexibility index (Phi) is 3.31. The van der Waals surface area contributed by atoms with Gasteiger partial charge in [0.05, 0.1) is 6.10 Å². The maximum Gasteiger partial charge on any atom is 0.202 e. The normalized spacial score (nSPS) is 26.6. The maximum absolute atomic E-state index is 5.61. The highest BCUT2D eigenvalue weighted by Crippen LogP contribution is 2.23. The highest BCUT2D eigenvalue weighted by molar-refractivity contribution is 7.09. The first-order valence-corrected chi connectivity index (χ1v) is 5.79. The summed E-state index contributed by atoms with van der Waals surface area (Å²) in [6, 6.07) is 0. The standard InChI is InChI=1S/C9H15N3OS/c1-2-8-7(3-4-13-8)5-10-9-11-6-12-14-9/h6-8H,2-5H2,1H3,(H,10,11,12). The van der Waals surface area contributed by atoms with Gasteiger partial charge in [-0.1, -0.05) is 6.92 Å². The lowest BCUT2D eigenvalue weighted by molar-refractivity contribution is 0.0900. The zero-order chi connectivity index (χ0) is 9.80. The minimum atomic E-state index is 0.426. The first-order valence-electron chi connectivity index (χ1n) is 5.02. The Bertz CT molecular complexity index is 265. The Morgan fingerprint density at radius 1 is 1.71 bits per heavy atom. The Labute approximate surface area is 87.9 Å². The molecule has 0 aromatic carbocycles. The second kappa shape index (κ2) is 4.70. The molecule has 1 aromatic heterocycles. The summed E-state index contributed by atoms with van der Waals surface area (Å²) in [5.74, 6) is 0.629. The minimum Gasteiger partial charge on any atom is -0.378 e. The first kappa shape index (κ1) is 9.86. The zero-order valence-electron chi connectivity index (χ0n) is 8.27. The Balaban J connectivity index is 1.80. The van der Waals surface area contributed by atoms with Crippen molar-refractivity contribution in [2.45, 2.75) is 25.9 Å². The summed E-state index contributed by atoms with van der Waals surface area (Å²) in [7, 11) is 0. The molecule has 0 spiro atoms. The monoisotopic (exact) mass is 213 g/mol. The molecule has 14 heavy (non-hydrogen) atoms. The summed E-state index contributed by atoms with van der Waals surface area (Å²) < 4.78 is 9.56. The number of rotatable bonds is 4. The fourth-order valence-corrected chi connectivity index (χ4v) is 2.28. The van der Waals surface area contributed by atoms with Gasteiger partial charge in [0.15, 0.2) is 0 Å². The number of hydrogen-bond donors (Lipinski definition) is 1. The SMILES string of the molecule is CCC1OCCC1CNc1ncns1. The quantitative estimate of drug-likeness (QED) is 0.828. The number of nitrogens with zero attached hydrogens (tertiary/aromatic N) is 2. The fraction of sp³-hybridized carbons (Fsp3) is 0.778. The van der Waals surface area contributed by atoms with Crippen LogP contribution in [0.3, 0.4) is 0 Å². The number of hydrogen-bond acceptors (Lipinski definition) is 5. The zero-order valence-corrected chi connectivity index (χ0v) is 9.09. The third kappa shape index (κ3) is 2.22. The summed E-state index contributed by atoms with van der Waals surface area (Å²) >= 11 is 1.40. The van der Waals surface area contributed by atoms with Gasteiger partial charge in [-0.15, -0.1) is 0 Å². The van der Waals surface area contributed by atoms with Gasteiger partial charge in [-0.05, 0) is 12.8 Å². The van der Waals surface area contributed by atoms with Gasteiger partial charge in [0, 0.05) is 30.6 Å². The van der Waals surface area contributed by atoms with E-state index in [4.69, 9.17) is 4.74 Å². The molecular weight excluding hydrogens is 198 g/mol. The van der Waals surface area contributed by atoms with Gasteiger partial charge < -0.3 is 10.1 Å². The van der Waals surface area contributed by atoms with Crippen molar-refractivity contribution in [3.05, 3.63) is 6.33 Å². The van der Waals surface area contributed by atoms with Crippen molar-refractivity contribution in [2.75, 3.05) is 18.5 Å². The van der Waals surface area contributed by atoms with E-state index in [0.29, 0.717) is 12.0 Å². The molecule has 0 saturated carbocycles. The van der Waals surface area contributed by atoms with Gasteiger partial charge in [0.1, 0.15) is 6.33 Å². The van der Waals surface area contributed by atoms with E-state index in [2.05, 4.69) is 21.6 Å². The molecule has 2 unspecified atom stereocenters. The van der Waals surface area contributed by atoms with Gasteiger partial charge >= 0.3 is 0 Å². The predicted octanol–water partition coefficient (Wildman–Crippen LogP) is 1.77. The number of aromatic nitrogens is 2. The van der Waals surface area contributed by atoms with Crippen LogP contribution in [-0.4, -0.2) is 28.6 Å². The van der Waals surface area contributed by atoms with E-state index < -0.39 is 0 Å². The van der Waals surface area contributed by atoms with Crippen LogP contribution in [0.5, 0.6) is 0 Å². The van der Waals surface area contributed by atoms with Crippen LogP contribution in [0, 0.1) is 5.92 Å². The molecule has 78 valence electrons. The third-order valence-electron chi connectivity index (χ3n) is 2.63. The van der Waals surface area contributed by atoms with E-state index in [1.165, 1.54) is 11.5 Å². The van der Waals surface area contributed by atoms with Crippen LogP contribution < -0.4 is 5.32 Å². The molecule has 2 atom stereocenters. The van der Waals surface area contributed by atoms with Crippen LogP contribution in [0.4, 0.5) is 5.13 Å². The van der Waals surface area contributed by atoms with Crippen molar-refractivity contribution >= 4 is 16.7 Å². The van der Waals surface area contributed by atoms with E-state index >= 15 is 0 Å². The van der Waals surface area contributed by atoms with Crippen molar-refractivity contribution in [2.24, 2.45) is 5.92 Å². The molecule has 5 heteroatoms. The smallest absolute Gasteiger partial charge is 0.202 e. The van der Waals surface area contributed by atoms with Crippen molar-refractivity contribution in [3.63, 3.8) is 0 Å². The maximum atomic E-state index is 5.61. The predicted molar refractivity (Wildman–Crippen MR) is 56.5 cm³/mol. The van der Waals surface area contributed by atoms with Crippen molar-refractivity contribution in [1.82, 2.24) is 9.36 Å². The molecule has 1 aliphatic rings. The fourth-order valence-electron chi connectivity index (χ4n) is 1.85. The first-order chi connectivity index (χ1) is 6.90. The third-order valence-corrected chi connectivity index (χ3v) is 3.25. The summed E-state index contributed by atoms with van der Waals surface area (Å²) in [5.41, 5.74) is 0. The average molecular weight is 213 g/mol. The van der Waals surface area contributed by atoms with Gasteiger partial charge in [-0.3, -0.25) is 0 Å². The van der Waals surface area contributed by atoms with E-state index in [-0.39, 0.29) is 0 Å². The second-order valence-corrected chi connectivity index (χ2v) is 4.27. The highest BCUT2D eigenvalue weighted by Gasteiger charge is 2.26. The Morgan fingerprint density at radius 2 is 2.64 bits per heavy atom. The summed E-state index contributed by atoms with van der Waals surface area (Å²) in [4.78, 5) is 4.08. The number of anilines is 1. The van der Waals surface area contributed by atoms with Crippen LogP contribution >= 0.6 is 11.5 Å². The van der Waals surface area contributed by atoms with Crippen molar-refractivity contribution in [1.29, 1.82) is 0 Å². The van der Waals surface area contributed by atoms with Gasteiger partial charge in [0.2, 0.25) is 5.13 Å². The lowest BCUT2D eigenvalue weighted by Gasteiger charge is -2.16. The van der Waals surface area contributed by atoms with Gasteiger partial charge in [-0.2, -0.15) is 4.37 Å². The van der Waals surface area contributed by atoms with E-state index in [0.717, 1.165) is 31.1 Å². The van der Waals surface area contributed by atoms with Crippen LogP contribution in [0.1, 0.15) is 19.8 Å². The molecule has 0 bridgehead atoms. The van der Waals surface area contributed by atoms with Crippen LogP contribution in [0.2, 0.25) is 0 Å². The summed E-state index contributed by atoms with van der Waals surface area (Å²) in [5, 5.41) is 4.20. The van der Waals surface area contributed by atoms with Gasteiger partial charge in [-0.25, -0.2) is 4.98 Å². The molecule has 1 aliphatic heterocycles. The topological polar surface area (TPSA) is 47.0 Å². The molecule has 1 fully saturated rings. The van der Waals surface area contributed by atoms with Gasteiger partial charge in [0.25, 0.3) is 0 Å². The molecule has 2 rings (SSSR count). The molecule has 0 amide bonds. The van der Waals surface area contributed by atoms with E-state index in [9.17, 15) is 0 Å². The summed E-state index contributed by atoms with van der Waals surface area (Å²) in [6.45, 7) is 4.03. The lowest BCUT2D eigenvalue weighted by Crippen LogP contribution is -2.22. The highest BCUT2D eigenvalue weighted by atomic mass is 32.1. The van der Waals surface area contributed by atoms with Crippen molar-refractivity contribution < 1.29 is 4.74 Å². The molecule has 1 aromatic rings. The molecule has 2 heterocycles. The molecule has 1 N–H and O–H groups in total. The van der Waals surface area contributed by atoms with Crippen LogP contribution in [0.25, 0.3) is 0 Å². The molecule has 4 nitrogen and oxygen atoms in total. The Hall–Kier alpha value is -0.680. The van der Waals surface area contributed by atoms with Crippen molar-refractivity contribution in [3.8, 4) is 0 Å².